The standard InChI is InChI=1S/C50H30O9/c51-43-39-35(26-19-18-23-8-1-2-10-25(23)22-26)40-42(46(54)50(58)48(56)44(40)52)38(41(39)45(53)49(57)47(43)55)32-15-6-12-28-29(13-5-14-30(28)32)31-16-7-17-33-37(31)36-27-11-4-3-9-24(27)20-21-34(36)59-33/h1-22,51-58H. The number of aromatic hydroxyl groups is 8. The summed E-state index contributed by atoms with van der Waals surface area (Å²) < 4.78 is 6.39. The fraction of sp³-hybridized carbons (Fsp3) is 0. The Balaban J connectivity index is 1.31. The van der Waals surface area contributed by atoms with Gasteiger partial charge in [-0.15, -0.1) is 0 Å². The van der Waals surface area contributed by atoms with Crippen molar-refractivity contribution in [2.24, 2.45) is 0 Å². The van der Waals surface area contributed by atoms with Crippen molar-refractivity contribution >= 4 is 75.8 Å². The fourth-order valence-corrected chi connectivity index (χ4v) is 9.10. The second kappa shape index (κ2) is 12.1. The molecule has 0 unspecified atom stereocenters. The molecule has 11 rings (SSSR count). The predicted molar refractivity (Wildman–Crippen MR) is 231 cm³/mol. The van der Waals surface area contributed by atoms with E-state index in [4.69, 9.17) is 4.42 Å². The highest BCUT2D eigenvalue weighted by molar-refractivity contribution is 6.31. The molecule has 11 aromatic rings. The molecular formula is C50H30O9. The average Bonchev–Trinajstić information content (AvgIpc) is 3.67. The Morgan fingerprint density at radius 3 is 1.42 bits per heavy atom. The van der Waals surface area contributed by atoms with Gasteiger partial charge in [0.25, 0.3) is 0 Å². The second-order valence-corrected chi connectivity index (χ2v) is 14.7. The van der Waals surface area contributed by atoms with E-state index in [-0.39, 0.29) is 32.7 Å². The minimum Gasteiger partial charge on any atom is -0.504 e. The van der Waals surface area contributed by atoms with Crippen molar-refractivity contribution in [2.75, 3.05) is 0 Å². The van der Waals surface area contributed by atoms with Gasteiger partial charge < -0.3 is 45.3 Å². The summed E-state index contributed by atoms with van der Waals surface area (Å²) in [7, 11) is 0. The molecule has 0 atom stereocenters. The summed E-state index contributed by atoms with van der Waals surface area (Å²) in [4.78, 5) is 0. The van der Waals surface area contributed by atoms with Gasteiger partial charge in [0.1, 0.15) is 11.2 Å². The van der Waals surface area contributed by atoms with E-state index in [2.05, 4.69) is 12.1 Å². The Hall–Kier alpha value is -8.30. The monoisotopic (exact) mass is 774 g/mol. The zero-order valence-electron chi connectivity index (χ0n) is 30.7. The summed E-state index contributed by atoms with van der Waals surface area (Å²) in [6, 6.07) is 41.7. The molecule has 1 aromatic heterocycles. The zero-order chi connectivity index (χ0) is 40.4. The number of hydrogen-bond donors (Lipinski definition) is 8. The number of rotatable bonds is 3. The number of benzene rings is 10. The molecule has 0 radical (unpaired) electrons. The van der Waals surface area contributed by atoms with Crippen molar-refractivity contribution in [1.82, 2.24) is 0 Å². The van der Waals surface area contributed by atoms with Crippen LogP contribution in [0.5, 0.6) is 46.0 Å². The van der Waals surface area contributed by atoms with Crippen molar-refractivity contribution in [3.63, 3.8) is 0 Å². The number of furan rings is 1. The Morgan fingerprint density at radius 1 is 0.288 bits per heavy atom. The van der Waals surface area contributed by atoms with Crippen molar-refractivity contribution in [2.45, 2.75) is 0 Å². The first-order valence-electron chi connectivity index (χ1n) is 18.7. The van der Waals surface area contributed by atoms with Crippen LogP contribution in [0.15, 0.2) is 138 Å². The predicted octanol–water partition coefficient (Wildman–Crippen LogP) is 12.0. The first kappa shape index (κ1) is 34.0. The van der Waals surface area contributed by atoms with E-state index in [1.807, 2.05) is 91.0 Å². The Bertz CT molecular complexity index is 3580. The van der Waals surface area contributed by atoms with E-state index in [9.17, 15) is 40.9 Å². The van der Waals surface area contributed by atoms with Gasteiger partial charge in [-0.3, -0.25) is 0 Å². The van der Waals surface area contributed by atoms with Crippen LogP contribution >= 0.6 is 0 Å². The largest absolute Gasteiger partial charge is 0.504 e. The topological polar surface area (TPSA) is 175 Å². The lowest BCUT2D eigenvalue weighted by Crippen LogP contribution is -1.95. The SMILES string of the molecule is Oc1c(O)c(O)c2c(-c3cccc4c(-c5cccc6oc7ccc8ccccc8c7c56)cccc34)c3c(O)c(O)c(O)c(O)c3c(-c3ccc4ccccc4c3)c2c1O. The van der Waals surface area contributed by atoms with Crippen LogP contribution in [0.1, 0.15) is 0 Å². The summed E-state index contributed by atoms with van der Waals surface area (Å²) in [5.41, 5.74) is 3.76. The second-order valence-electron chi connectivity index (χ2n) is 14.7. The minimum absolute atomic E-state index is 0.0117. The molecule has 59 heavy (non-hydrogen) atoms. The zero-order valence-corrected chi connectivity index (χ0v) is 30.7. The quantitative estimate of drug-likeness (QED) is 0.0493. The molecule has 284 valence electrons. The molecule has 0 saturated heterocycles. The van der Waals surface area contributed by atoms with Gasteiger partial charge >= 0.3 is 0 Å². The minimum atomic E-state index is -1.03. The summed E-state index contributed by atoms with van der Waals surface area (Å²) >= 11 is 0. The van der Waals surface area contributed by atoms with Crippen molar-refractivity contribution in [1.29, 1.82) is 0 Å². The van der Waals surface area contributed by atoms with Gasteiger partial charge in [-0.2, -0.15) is 0 Å². The molecule has 9 heteroatoms. The lowest BCUT2D eigenvalue weighted by molar-refractivity contribution is 0.350. The van der Waals surface area contributed by atoms with Crippen LogP contribution < -0.4 is 0 Å². The average molecular weight is 775 g/mol. The van der Waals surface area contributed by atoms with E-state index in [1.54, 1.807) is 30.3 Å². The van der Waals surface area contributed by atoms with Crippen LogP contribution in [-0.2, 0) is 0 Å². The first-order valence-corrected chi connectivity index (χ1v) is 18.7. The van der Waals surface area contributed by atoms with Crippen LogP contribution in [-0.4, -0.2) is 40.9 Å². The van der Waals surface area contributed by atoms with E-state index in [0.717, 1.165) is 54.4 Å². The van der Waals surface area contributed by atoms with Crippen LogP contribution in [0.2, 0.25) is 0 Å². The highest BCUT2D eigenvalue weighted by atomic mass is 16.4. The highest BCUT2D eigenvalue weighted by Gasteiger charge is 2.33. The van der Waals surface area contributed by atoms with Crippen molar-refractivity contribution in [3.05, 3.63) is 133 Å². The third-order valence-electron chi connectivity index (χ3n) is 11.7. The summed E-state index contributed by atoms with van der Waals surface area (Å²) in [6.45, 7) is 0. The van der Waals surface area contributed by atoms with Gasteiger partial charge in [0, 0.05) is 43.4 Å². The lowest BCUT2D eigenvalue weighted by atomic mass is 9.82. The van der Waals surface area contributed by atoms with Crippen LogP contribution in [0.4, 0.5) is 0 Å². The molecule has 0 aliphatic carbocycles. The number of phenols is 8. The Labute approximate surface area is 333 Å². The van der Waals surface area contributed by atoms with Crippen molar-refractivity contribution < 1.29 is 45.3 Å². The Morgan fingerprint density at radius 2 is 0.763 bits per heavy atom. The molecule has 10 aromatic carbocycles. The maximum absolute atomic E-state index is 11.9. The third kappa shape index (κ3) is 4.55. The molecule has 0 saturated carbocycles. The van der Waals surface area contributed by atoms with E-state index in [0.29, 0.717) is 22.1 Å². The Kier molecular flexibility index (Phi) is 6.97. The lowest BCUT2D eigenvalue weighted by Gasteiger charge is -2.23. The molecular weight excluding hydrogens is 745 g/mol. The highest BCUT2D eigenvalue weighted by Crippen LogP contribution is 2.62. The normalized spacial score (nSPS) is 11.9. The van der Waals surface area contributed by atoms with E-state index < -0.39 is 46.0 Å². The van der Waals surface area contributed by atoms with E-state index >= 15 is 0 Å². The van der Waals surface area contributed by atoms with Gasteiger partial charge in [0.2, 0.25) is 23.0 Å². The van der Waals surface area contributed by atoms with Crippen LogP contribution in [0.25, 0.3) is 109 Å². The van der Waals surface area contributed by atoms with Crippen LogP contribution in [0.3, 0.4) is 0 Å². The third-order valence-corrected chi connectivity index (χ3v) is 11.7. The first-order chi connectivity index (χ1) is 28.6. The fourth-order valence-electron chi connectivity index (χ4n) is 9.10. The van der Waals surface area contributed by atoms with Gasteiger partial charge in [-0.25, -0.2) is 0 Å². The smallest absolute Gasteiger partial charge is 0.204 e. The maximum Gasteiger partial charge on any atom is 0.204 e. The van der Waals surface area contributed by atoms with Gasteiger partial charge in [-0.05, 0) is 72.8 Å². The molecule has 0 amide bonds. The molecule has 0 spiro atoms. The van der Waals surface area contributed by atoms with E-state index in [1.165, 1.54) is 0 Å². The molecule has 0 fully saturated rings. The van der Waals surface area contributed by atoms with Crippen molar-refractivity contribution in [3.8, 4) is 79.4 Å². The molecule has 8 N–H and O–H groups in total. The van der Waals surface area contributed by atoms with Gasteiger partial charge in [-0.1, -0.05) is 115 Å². The molecule has 0 aliphatic heterocycles. The molecule has 9 nitrogen and oxygen atoms in total. The molecule has 1 heterocycles. The van der Waals surface area contributed by atoms with Crippen LogP contribution in [0, 0.1) is 0 Å². The number of phenolic OH excluding ortho intramolecular Hbond substituents is 8. The van der Waals surface area contributed by atoms with Gasteiger partial charge in [0.15, 0.2) is 23.0 Å². The summed E-state index contributed by atoms with van der Waals surface area (Å²) in [6.07, 6.45) is 0. The maximum atomic E-state index is 11.9. The van der Waals surface area contributed by atoms with Gasteiger partial charge in [0.05, 0.1) is 0 Å². The summed E-state index contributed by atoms with van der Waals surface area (Å²) in [5, 5.41) is 97.8. The molecule has 0 bridgehead atoms. The number of fused-ring (bicyclic) bond motifs is 9. The number of hydrogen-bond acceptors (Lipinski definition) is 9. The summed E-state index contributed by atoms with van der Waals surface area (Å²) in [5.74, 6) is -7.45. The molecule has 0 aliphatic rings.